The molecule has 5 nitrogen and oxygen atoms in total. The van der Waals surface area contributed by atoms with Gasteiger partial charge in [0.25, 0.3) is 5.56 Å². The fraction of sp³-hybridized carbons (Fsp3) is 0.222. The number of aromatic amines is 1. The van der Waals surface area contributed by atoms with Crippen LogP contribution >= 0.6 is 11.6 Å². The van der Waals surface area contributed by atoms with Gasteiger partial charge in [0.05, 0.1) is 5.02 Å². The number of nitrogens with zero attached hydrogens (tertiary/aromatic N) is 1. The number of nitrogens with one attached hydrogen (secondary N) is 1. The lowest BCUT2D eigenvalue weighted by molar-refractivity contribution is 0.0577. The molecule has 2 aromatic heterocycles. The number of nitrogens with two attached hydrogens (primary N) is 1. The Hall–Kier alpha value is -2.37. The van der Waals surface area contributed by atoms with Gasteiger partial charge in [-0.05, 0) is 38.1 Å². The van der Waals surface area contributed by atoms with E-state index >= 15 is 0 Å². The van der Waals surface area contributed by atoms with Crippen molar-refractivity contribution in [3.63, 3.8) is 0 Å². The standard InChI is InChI=1S/C18H18ClN3O2/c1-11(20)18(2,16-13(19)7-5-9-21-16)24-15-10-12-6-3-4-8-14(12)22-17(15)23/h3-11H,20H2,1-2H3,(H,22,23)/t11-,18?/m0/s1. The Morgan fingerprint density at radius 3 is 2.75 bits per heavy atom. The summed E-state index contributed by atoms with van der Waals surface area (Å²) in [5, 5.41) is 1.31. The second-order valence-electron chi connectivity index (χ2n) is 5.88. The Labute approximate surface area is 144 Å². The summed E-state index contributed by atoms with van der Waals surface area (Å²) in [4.78, 5) is 19.5. The zero-order chi connectivity index (χ0) is 17.3. The van der Waals surface area contributed by atoms with Crippen molar-refractivity contribution in [2.75, 3.05) is 0 Å². The highest BCUT2D eigenvalue weighted by Crippen LogP contribution is 2.32. The molecule has 3 rings (SSSR count). The molecule has 0 saturated carbocycles. The second kappa shape index (κ2) is 6.26. The predicted octanol–water partition coefficient (Wildman–Crippen LogP) is 3.22. The van der Waals surface area contributed by atoms with Crippen LogP contribution in [-0.2, 0) is 5.60 Å². The van der Waals surface area contributed by atoms with Gasteiger partial charge in [-0.2, -0.15) is 0 Å². The Morgan fingerprint density at radius 1 is 1.29 bits per heavy atom. The number of para-hydroxylation sites is 1. The molecule has 2 atom stereocenters. The highest BCUT2D eigenvalue weighted by atomic mass is 35.5. The van der Waals surface area contributed by atoms with Gasteiger partial charge in [0.15, 0.2) is 11.4 Å². The van der Waals surface area contributed by atoms with E-state index in [4.69, 9.17) is 22.1 Å². The fourth-order valence-electron chi connectivity index (χ4n) is 2.54. The summed E-state index contributed by atoms with van der Waals surface area (Å²) in [7, 11) is 0. The van der Waals surface area contributed by atoms with Crippen LogP contribution in [0, 0.1) is 0 Å². The van der Waals surface area contributed by atoms with E-state index < -0.39 is 11.6 Å². The highest BCUT2D eigenvalue weighted by Gasteiger charge is 2.37. The van der Waals surface area contributed by atoms with Gasteiger partial charge in [0.1, 0.15) is 5.69 Å². The van der Waals surface area contributed by atoms with E-state index in [2.05, 4.69) is 9.97 Å². The van der Waals surface area contributed by atoms with Gasteiger partial charge in [0.2, 0.25) is 0 Å². The maximum absolute atomic E-state index is 12.4. The first-order valence-electron chi connectivity index (χ1n) is 7.59. The summed E-state index contributed by atoms with van der Waals surface area (Å²) in [5.41, 5.74) is 6.01. The molecule has 6 heteroatoms. The van der Waals surface area contributed by atoms with Crippen molar-refractivity contribution < 1.29 is 4.74 Å². The lowest BCUT2D eigenvalue weighted by Gasteiger charge is -2.33. The fourth-order valence-corrected chi connectivity index (χ4v) is 2.85. The molecule has 0 amide bonds. The predicted molar refractivity (Wildman–Crippen MR) is 95.4 cm³/mol. The molecule has 0 radical (unpaired) electrons. The minimum Gasteiger partial charge on any atom is -0.474 e. The van der Waals surface area contributed by atoms with Gasteiger partial charge in [-0.15, -0.1) is 0 Å². The molecule has 0 aliphatic heterocycles. The molecule has 0 bridgehead atoms. The zero-order valence-corrected chi connectivity index (χ0v) is 14.2. The number of H-pyrrole nitrogens is 1. The SMILES string of the molecule is C[C@H](N)C(C)(Oc1cc2ccccc2[nH]c1=O)c1ncccc1Cl. The normalized spacial score (nSPS) is 15.0. The number of fused-ring (bicyclic) bond motifs is 1. The molecule has 1 unspecified atom stereocenters. The van der Waals surface area contributed by atoms with E-state index in [1.165, 1.54) is 0 Å². The molecule has 0 aliphatic rings. The summed E-state index contributed by atoms with van der Waals surface area (Å²) in [6, 6.07) is 12.2. The van der Waals surface area contributed by atoms with Crippen molar-refractivity contribution in [2.45, 2.75) is 25.5 Å². The van der Waals surface area contributed by atoms with Gasteiger partial charge in [0, 0.05) is 23.1 Å². The molecule has 0 fully saturated rings. The van der Waals surface area contributed by atoms with Crippen molar-refractivity contribution in [1.29, 1.82) is 0 Å². The quantitative estimate of drug-likeness (QED) is 0.762. The number of hydrogen-bond donors (Lipinski definition) is 2. The van der Waals surface area contributed by atoms with Crippen molar-refractivity contribution >= 4 is 22.5 Å². The van der Waals surface area contributed by atoms with Gasteiger partial charge in [-0.1, -0.05) is 29.8 Å². The van der Waals surface area contributed by atoms with E-state index in [1.54, 1.807) is 38.2 Å². The lowest BCUT2D eigenvalue weighted by atomic mass is 9.93. The van der Waals surface area contributed by atoms with Crippen LogP contribution in [0.5, 0.6) is 5.75 Å². The Bertz CT molecular complexity index is 939. The number of rotatable bonds is 4. The van der Waals surface area contributed by atoms with Crippen LogP contribution in [0.25, 0.3) is 10.9 Å². The molecule has 124 valence electrons. The van der Waals surface area contributed by atoms with Crippen LogP contribution in [0.2, 0.25) is 5.02 Å². The van der Waals surface area contributed by atoms with Crippen LogP contribution in [0.1, 0.15) is 19.5 Å². The topological polar surface area (TPSA) is 81.0 Å². The molecule has 24 heavy (non-hydrogen) atoms. The third-order valence-corrected chi connectivity index (χ3v) is 4.44. The smallest absolute Gasteiger partial charge is 0.290 e. The molecule has 3 N–H and O–H groups in total. The Morgan fingerprint density at radius 2 is 2.04 bits per heavy atom. The second-order valence-corrected chi connectivity index (χ2v) is 6.29. The number of halogens is 1. The van der Waals surface area contributed by atoms with E-state index in [0.29, 0.717) is 10.7 Å². The Balaban J connectivity index is 2.11. The highest BCUT2D eigenvalue weighted by molar-refractivity contribution is 6.31. The molecule has 2 heterocycles. The molecular weight excluding hydrogens is 326 g/mol. The van der Waals surface area contributed by atoms with E-state index in [9.17, 15) is 4.79 Å². The Kier molecular flexibility index (Phi) is 4.30. The summed E-state index contributed by atoms with van der Waals surface area (Å²) >= 11 is 6.27. The minimum atomic E-state index is -1.05. The largest absolute Gasteiger partial charge is 0.474 e. The lowest BCUT2D eigenvalue weighted by Crippen LogP contribution is -2.47. The van der Waals surface area contributed by atoms with Gasteiger partial charge in [-0.25, -0.2) is 0 Å². The first-order valence-corrected chi connectivity index (χ1v) is 7.97. The monoisotopic (exact) mass is 343 g/mol. The number of pyridine rings is 2. The average molecular weight is 344 g/mol. The zero-order valence-electron chi connectivity index (χ0n) is 13.4. The average Bonchev–Trinajstić information content (AvgIpc) is 2.55. The molecule has 0 spiro atoms. The number of hydrogen-bond acceptors (Lipinski definition) is 4. The van der Waals surface area contributed by atoms with Crippen LogP contribution in [-0.4, -0.2) is 16.0 Å². The summed E-state index contributed by atoms with van der Waals surface area (Å²) in [6.07, 6.45) is 1.62. The summed E-state index contributed by atoms with van der Waals surface area (Å²) < 4.78 is 6.05. The van der Waals surface area contributed by atoms with Crippen molar-refractivity contribution in [3.05, 3.63) is 69.7 Å². The van der Waals surface area contributed by atoms with Crippen LogP contribution in [0.15, 0.2) is 53.5 Å². The van der Waals surface area contributed by atoms with E-state index in [-0.39, 0.29) is 11.3 Å². The molecule has 0 saturated heterocycles. The van der Waals surface area contributed by atoms with E-state index in [1.807, 2.05) is 24.3 Å². The molecule has 0 aliphatic carbocycles. The van der Waals surface area contributed by atoms with Gasteiger partial charge < -0.3 is 15.5 Å². The molecule has 1 aromatic carbocycles. The van der Waals surface area contributed by atoms with Crippen molar-refractivity contribution in [1.82, 2.24) is 9.97 Å². The maximum atomic E-state index is 12.4. The first kappa shape index (κ1) is 16.5. The first-order chi connectivity index (χ1) is 11.4. The van der Waals surface area contributed by atoms with Crippen LogP contribution < -0.4 is 16.0 Å². The summed E-state index contributed by atoms with van der Waals surface area (Å²) in [5.74, 6) is 0.176. The minimum absolute atomic E-state index is 0.176. The maximum Gasteiger partial charge on any atom is 0.290 e. The van der Waals surface area contributed by atoms with Crippen LogP contribution in [0.4, 0.5) is 0 Å². The number of aromatic nitrogens is 2. The van der Waals surface area contributed by atoms with Crippen molar-refractivity contribution in [2.24, 2.45) is 5.73 Å². The van der Waals surface area contributed by atoms with Gasteiger partial charge in [-0.3, -0.25) is 9.78 Å². The third-order valence-electron chi connectivity index (χ3n) is 4.14. The van der Waals surface area contributed by atoms with Crippen LogP contribution in [0.3, 0.4) is 0 Å². The number of ether oxygens (including phenoxy) is 1. The van der Waals surface area contributed by atoms with Crippen molar-refractivity contribution in [3.8, 4) is 5.75 Å². The number of benzene rings is 1. The molecular formula is C18H18ClN3O2. The van der Waals surface area contributed by atoms with E-state index in [0.717, 1.165) is 10.9 Å². The molecule has 3 aromatic rings. The third kappa shape index (κ3) is 2.88. The summed E-state index contributed by atoms with van der Waals surface area (Å²) in [6.45, 7) is 3.57. The van der Waals surface area contributed by atoms with Gasteiger partial charge >= 0.3 is 0 Å².